The van der Waals surface area contributed by atoms with Gasteiger partial charge in [0.25, 0.3) is 0 Å². The molecule has 0 amide bonds. The maximum Gasteiger partial charge on any atom is 0.163 e. The topological polar surface area (TPSA) is 37.3 Å². The molecular formula is C15H24O2. The normalized spacial score (nSPS) is 14.4. The van der Waals surface area contributed by atoms with Crippen LogP contribution in [0.5, 0.6) is 0 Å². The Morgan fingerprint density at radius 3 is 2.24 bits per heavy atom. The molecule has 0 aromatic carbocycles. The first-order valence-corrected chi connectivity index (χ1v) is 6.07. The molecule has 96 valence electrons. The number of rotatable bonds is 6. The SMILES string of the molecule is CC(=O)C(/C=C/[C@H](C)CCC=C(C)C)=C(/C)O. The van der Waals surface area contributed by atoms with E-state index >= 15 is 0 Å². The molecule has 0 heterocycles. The van der Waals surface area contributed by atoms with E-state index in [0.717, 1.165) is 12.8 Å². The summed E-state index contributed by atoms with van der Waals surface area (Å²) in [5.74, 6) is 0.391. The van der Waals surface area contributed by atoms with Gasteiger partial charge in [-0.3, -0.25) is 4.79 Å². The van der Waals surface area contributed by atoms with Crippen molar-refractivity contribution in [3.05, 3.63) is 35.1 Å². The molecule has 0 aliphatic heterocycles. The molecule has 0 saturated heterocycles. The van der Waals surface area contributed by atoms with E-state index in [-0.39, 0.29) is 11.5 Å². The summed E-state index contributed by atoms with van der Waals surface area (Å²) >= 11 is 0. The number of aliphatic hydroxyl groups excluding tert-OH is 1. The Hall–Kier alpha value is -1.31. The molecule has 0 rings (SSSR count). The summed E-state index contributed by atoms with van der Waals surface area (Å²) in [4.78, 5) is 11.2. The number of ketones is 1. The number of hydrogen-bond acceptors (Lipinski definition) is 2. The lowest BCUT2D eigenvalue weighted by atomic mass is 10.0. The van der Waals surface area contributed by atoms with Gasteiger partial charge in [0.15, 0.2) is 5.78 Å². The maximum atomic E-state index is 11.2. The van der Waals surface area contributed by atoms with Gasteiger partial charge in [0.1, 0.15) is 0 Å². The van der Waals surface area contributed by atoms with Crippen molar-refractivity contribution in [2.75, 3.05) is 0 Å². The van der Waals surface area contributed by atoms with Gasteiger partial charge in [0.05, 0.1) is 11.3 Å². The standard InChI is InChI=1S/C15H24O2/c1-11(2)7-6-8-12(3)9-10-15(13(4)16)14(5)17/h7,9-10,12,16H,6,8H2,1-5H3/b10-9+,15-13-/t12-/m1/s1. The third-order valence-electron chi connectivity index (χ3n) is 2.54. The van der Waals surface area contributed by atoms with Crippen molar-refractivity contribution in [3.8, 4) is 0 Å². The molecular weight excluding hydrogens is 212 g/mol. The van der Waals surface area contributed by atoms with Gasteiger partial charge in [-0.05, 0) is 46.5 Å². The van der Waals surface area contributed by atoms with Gasteiger partial charge in [0.2, 0.25) is 0 Å². The van der Waals surface area contributed by atoms with Gasteiger partial charge in [0, 0.05) is 0 Å². The zero-order chi connectivity index (χ0) is 13.4. The second-order valence-electron chi connectivity index (χ2n) is 4.75. The number of aliphatic hydroxyl groups is 1. The van der Waals surface area contributed by atoms with Crippen molar-refractivity contribution in [3.63, 3.8) is 0 Å². The number of allylic oxidation sites excluding steroid dienone is 6. The van der Waals surface area contributed by atoms with E-state index in [0.29, 0.717) is 11.5 Å². The summed E-state index contributed by atoms with van der Waals surface area (Å²) in [6.07, 6.45) is 8.02. The van der Waals surface area contributed by atoms with Crippen LogP contribution in [0, 0.1) is 5.92 Å². The van der Waals surface area contributed by atoms with Gasteiger partial charge < -0.3 is 5.11 Å². The van der Waals surface area contributed by atoms with Crippen LogP contribution in [0.2, 0.25) is 0 Å². The predicted octanol–water partition coefficient (Wildman–Crippen LogP) is 4.35. The van der Waals surface area contributed by atoms with Crippen LogP contribution in [0.3, 0.4) is 0 Å². The zero-order valence-electron chi connectivity index (χ0n) is 11.6. The van der Waals surface area contributed by atoms with Crippen LogP contribution in [-0.4, -0.2) is 10.9 Å². The quantitative estimate of drug-likeness (QED) is 0.322. The summed E-state index contributed by atoms with van der Waals surface area (Å²) in [6, 6.07) is 0. The van der Waals surface area contributed by atoms with Crippen LogP contribution >= 0.6 is 0 Å². The van der Waals surface area contributed by atoms with Gasteiger partial charge in [-0.15, -0.1) is 0 Å². The Balaban J connectivity index is 4.37. The zero-order valence-corrected chi connectivity index (χ0v) is 11.6. The molecule has 1 atom stereocenters. The molecule has 0 saturated carbocycles. The molecule has 0 aliphatic carbocycles. The Morgan fingerprint density at radius 1 is 1.24 bits per heavy atom. The lowest BCUT2D eigenvalue weighted by Gasteiger charge is -2.04. The smallest absolute Gasteiger partial charge is 0.163 e. The van der Waals surface area contributed by atoms with Crippen LogP contribution in [0.1, 0.15) is 47.5 Å². The molecule has 0 radical (unpaired) electrons. The molecule has 0 spiro atoms. The average Bonchev–Trinajstić information content (AvgIpc) is 2.15. The Bertz CT molecular complexity index is 338. The summed E-state index contributed by atoms with van der Waals surface area (Å²) in [7, 11) is 0. The van der Waals surface area contributed by atoms with Crippen molar-refractivity contribution >= 4 is 5.78 Å². The number of carbonyl (C=O) groups excluding carboxylic acids is 1. The Labute approximate surface area is 105 Å². The monoisotopic (exact) mass is 236 g/mol. The van der Waals surface area contributed by atoms with E-state index in [2.05, 4.69) is 26.8 Å². The second-order valence-corrected chi connectivity index (χ2v) is 4.75. The molecule has 0 aromatic rings. The van der Waals surface area contributed by atoms with Crippen molar-refractivity contribution in [1.82, 2.24) is 0 Å². The highest BCUT2D eigenvalue weighted by molar-refractivity contribution is 5.96. The third-order valence-corrected chi connectivity index (χ3v) is 2.54. The fraction of sp³-hybridized carbons (Fsp3) is 0.533. The minimum Gasteiger partial charge on any atom is -0.512 e. The summed E-state index contributed by atoms with van der Waals surface area (Å²) in [5, 5.41) is 9.34. The number of Topliss-reactive ketones (excluding diaryl/α,β-unsaturated/α-hetero) is 1. The summed E-state index contributed by atoms with van der Waals surface area (Å²) in [5.41, 5.74) is 1.73. The lowest BCUT2D eigenvalue weighted by molar-refractivity contribution is -0.113. The lowest BCUT2D eigenvalue weighted by Crippen LogP contribution is -1.98. The molecule has 0 fully saturated rings. The van der Waals surface area contributed by atoms with Gasteiger partial charge in [-0.1, -0.05) is 30.7 Å². The van der Waals surface area contributed by atoms with E-state index in [9.17, 15) is 9.90 Å². The Kier molecular flexibility index (Phi) is 7.27. The minimum atomic E-state index is -0.0993. The summed E-state index contributed by atoms with van der Waals surface area (Å²) in [6.45, 7) is 9.29. The highest BCUT2D eigenvalue weighted by Gasteiger charge is 2.04. The number of hydrogen-bond donors (Lipinski definition) is 1. The van der Waals surface area contributed by atoms with Crippen LogP contribution in [0.25, 0.3) is 0 Å². The van der Waals surface area contributed by atoms with Gasteiger partial charge in [-0.25, -0.2) is 0 Å². The van der Waals surface area contributed by atoms with E-state index in [1.807, 2.05) is 6.08 Å². The molecule has 0 unspecified atom stereocenters. The first kappa shape index (κ1) is 15.7. The largest absolute Gasteiger partial charge is 0.512 e. The number of carbonyl (C=O) groups is 1. The Morgan fingerprint density at radius 2 is 1.82 bits per heavy atom. The molecule has 2 nitrogen and oxygen atoms in total. The van der Waals surface area contributed by atoms with Crippen LogP contribution in [0.15, 0.2) is 35.1 Å². The first-order valence-electron chi connectivity index (χ1n) is 6.07. The molecule has 0 aliphatic rings. The molecule has 1 N–H and O–H groups in total. The maximum absolute atomic E-state index is 11.2. The highest BCUT2D eigenvalue weighted by Crippen LogP contribution is 2.12. The van der Waals surface area contributed by atoms with Gasteiger partial charge >= 0.3 is 0 Å². The van der Waals surface area contributed by atoms with E-state index in [1.165, 1.54) is 19.4 Å². The minimum absolute atomic E-state index is 0.0882. The van der Waals surface area contributed by atoms with Crippen molar-refractivity contribution < 1.29 is 9.90 Å². The van der Waals surface area contributed by atoms with E-state index in [1.54, 1.807) is 6.08 Å². The molecule has 0 bridgehead atoms. The predicted molar refractivity (Wildman–Crippen MR) is 73.0 cm³/mol. The van der Waals surface area contributed by atoms with Crippen molar-refractivity contribution in [2.45, 2.75) is 47.5 Å². The molecule has 2 heteroatoms. The van der Waals surface area contributed by atoms with E-state index in [4.69, 9.17) is 0 Å². The summed E-state index contributed by atoms with van der Waals surface area (Å²) < 4.78 is 0. The van der Waals surface area contributed by atoms with Crippen LogP contribution in [0.4, 0.5) is 0 Å². The third kappa shape index (κ3) is 7.56. The fourth-order valence-corrected chi connectivity index (χ4v) is 1.48. The second kappa shape index (κ2) is 7.88. The molecule has 0 aromatic heterocycles. The first-order chi connectivity index (χ1) is 7.84. The van der Waals surface area contributed by atoms with Gasteiger partial charge in [-0.2, -0.15) is 0 Å². The fourth-order valence-electron chi connectivity index (χ4n) is 1.48. The molecule has 17 heavy (non-hydrogen) atoms. The van der Waals surface area contributed by atoms with Crippen LogP contribution < -0.4 is 0 Å². The van der Waals surface area contributed by atoms with Crippen LogP contribution in [-0.2, 0) is 4.79 Å². The van der Waals surface area contributed by atoms with Crippen molar-refractivity contribution in [2.24, 2.45) is 5.92 Å². The highest BCUT2D eigenvalue weighted by atomic mass is 16.3. The van der Waals surface area contributed by atoms with E-state index < -0.39 is 0 Å². The average molecular weight is 236 g/mol. The van der Waals surface area contributed by atoms with Crippen molar-refractivity contribution in [1.29, 1.82) is 0 Å².